The Hall–Kier alpha value is -4.52. The van der Waals surface area contributed by atoms with E-state index in [1.807, 2.05) is 55.5 Å². The highest BCUT2D eigenvalue weighted by Gasteiger charge is 2.38. The molecular weight excluding hydrogens is 529 g/mol. The maximum absolute atomic E-state index is 10.6. The molecule has 38 heavy (non-hydrogen) atoms. The van der Waals surface area contributed by atoms with Gasteiger partial charge in [-0.2, -0.15) is 23.3 Å². The molecule has 4 aromatic rings. The Labute approximate surface area is 220 Å². The number of alkyl halides is 3. The van der Waals surface area contributed by atoms with Gasteiger partial charge in [0, 0.05) is 29.0 Å². The molecule has 0 bridgehead atoms. The number of anilines is 4. The van der Waals surface area contributed by atoms with Crippen LogP contribution in [0.2, 0.25) is 5.02 Å². The number of halogens is 4. The molecule has 0 aliphatic heterocycles. The Morgan fingerprint density at radius 1 is 1.00 bits per heavy atom. The van der Waals surface area contributed by atoms with Crippen LogP contribution >= 0.6 is 11.6 Å². The fourth-order valence-electron chi connectivity index (χ4n) is 3.03. The zero-order valence-electron chi connectivity index (χ0n) is 20.2. The number of ether oxygens (including phenoxy) is 2. The fourth-order valence-corrected chi connectivity index (χ4v) is 3.16. The molecule has 0 aliphatic rings. The van der Waals surface area contributed by atoms with Crippen molar-refractivity contribution in [1.29, 1.82) is 0 Å². The van der Waals surface area contributed by atoms with E-state index in [0.29, 0.717) is 28.3 Å². The van der Waals surface area contributed by atoms with Gasteiger partial charge in [-0.25, -0.2) is 14.5 Å². The molecule has 0 aliphatic carbocycles. The summed E-state index contributed by atoms with van der Waals surface area (Å²) in [6.07, 6.45) is -3.41. The highest BCUT2D eigenvalue weighted by Crippen LogP contribution is 2.31. The SMILES string of the molecule is COc1ccc(Nc2nccc(Nc3cc(C)nn3-c3ccc(Cl)cc3)n2)cc1OC.O=C(O)C(F)(F)F. The van der Waals surface area contributed by atoms with Gasteiger partial charge >= 0.3 is 12.1 Å². The lowest BCUT2D eigenvalue weighted by atomic mass is 10.3. The smallest absolute Gasteiger partial charge is 0.490 e. The Balaban J connectivity index is 0.000000505. The molecule has 0 fully saturated rings. The molecule has 4 rings (SSSR count). The minimum Gasteiger partial charge on any atom is -0.493 e. The maximum atomic E-state index is 10.6. The average Bonchev–Trinajstić information content (AvgIpc) is 3.24. The Bertz CT molecular complexity index is 1400. The third kappa shape index (κ3) is 7.49. The number of aryl methyl sites for hydroxylation is 1. The van der Waals surface area contributed by atoms with Crippen LogP contribution in [-0.4, -0.2) is 51.2 Å². The fraction of sp³-hybridized carbons (Fsp3) is 0.167. The summed E-state index contributed by atoms with van der Waals surface area (Å²) >= 11 is 6.01. The van der Waals surface area contributed by atoms with Crippen molar-refractivity contribution in [3.05, 3.63) is 71.5 Å². The van der Waals surface area contributed by atoms with Crippen molar-refractivity contribution >= 4 is 40.8 Å². The number of carboxylic acids is 1. The van der Waals surface area contributed by atoms with Gasteiger partial charge in [0.25, 0.3) is 0 Å². The average molecular weight is 551 g/mol. The van der Waals surface area contributed by atoms with Gasteiger partial charge in [-0.05, 0) is 49.4 Å². The van der Waals surface area contributed by atoms with Crippen LogP contribution in [0.5, 0.6) is 11.5 Å². The second-order valence-corrected chi connectivity index (χ2v) is 7.88. The number of carboxylic acid groups (broad SMARTS) is 1. The Kier molecular flexibility index (Phi) is 8.97. The van der Waals surface area contributed by atoms with Crippen LogP contribution in [0.1, 0.15) is 5.69 Å². The normalized spacial score (nSPS) is 10.7. The minimum atomic E-state index is -5.08. The molecule has 0 amide bonds. The van der Waals surface area contributed by atoms with E-state index in [1.54, 1.807) is 31.2 Å². The molecule has 0 radical (unpaired) electrons. The second-order valence-electron chi connectivity index (χ2n) is 7.45. The van der Waals surface area contributed by atoms with Crippen molar-refractivity contribution in [2.45, 2.75) is 13.1 Å². The number of benzene rings is 2. The summed E-state index contributed by atoms with van der Waals surface area (Å²) in [6, 6.07) is 16.7. The summed E-state index contributed by atoms with van der Waals surface area (Å²) in [5.74, 6) is 0.335. The number of hydrogen-bond acceptors (Lipinski definition) is 8. The lowest BCUT2D eigenvalue weighted by molar-refractivity contribution is -0.192. The van der Waals surface area contributed by atoms with Crippen molar-refractivity contribution in [1.82, 2.24) is 19.7 Å². The molecular formula is C24H22ClF3N6O4. The zero-order chi connectivity index (χ0) is 27.9. The predicted molar refractivity (Wildman–Crippen MR) is 135 cm³/mol. The zero-order valence-corrected chi connectivity index (χ0v) is 21.0. The minimum absolute atomic E-state index is 0.437. The molecule has 3 N–H and O–H groups in total. The monoisotopic (exact) mass is 550 g/mol. The first kappa shape index (κ1) is 28.1. The van der Waals surface area contributed by atoms with Gasteiger partial charge in [0.05, 0.1) is 25.6 Å². The predicted octanol–water partition coefficient (Wildman–Crippen LogP) is 5.76. The first-order valence-corrected chi connectivity index (χ1v) is 11.1. The van der Waals surface area contributed by atoms with Gasteiger partial charge in [0.1, 0.15) is 11.6 Å². The van der Waals surface area contributed by atoms with E-state index in [9.17, 15) is 13.2 Å². The van der Waals surface area contributed by atoms with E-state index < -0.39 is 12.1 Å². The standard InChI is InChI=1S/C22H21ClN6O2.C2HF3O2/c1-14-12-21(29(28-14)17-7-4-15(23)5-8-17)26-20-10-11-24-22(27-20)25-16-6-9-18(30-2)19(13-16)31-3;3-2(4,5)1(6)7/h4-13H,1-3H3,(H2,24,25,26,27);(H,6,7). The van der Waals surface area contributed by atoms with Gasteiger partial charge in [-0.1, -0.05) is 11.6 Å². The second kappa shape index (κ2) is 12.1. The number of nitrogens with zero attached hydrogens (tertiary/aromatic N) is 4. The van der Waals surface area contributed by atoms with Gasteiger partial charge in [0.15, 0.2) is 11.5 Å². The number of aliphatic carboxylic acids is 1. The highest BCUT2D eigenvalue weighted by atomic mass is 35.5. The number of hydrogen-bond donors (Lipinski definition) is 3. The van der Waals surface area contributed by atoms with E-state index in [0.717, 1.165) is 22.9 Å². The molecule has 2 heterocycles. The van der Waals surface area contributed by atoms with E-state index >= 15 is 0 Å². The van der Waals surface area contributed by atoms with Crippen LogP contribution in [0.15, 0.2) is 60.8 Å². The number of nitrogens with one attached hydrogen (secondary N) is 2. The van der Waals surface area contributed by atoms with Crippen molar-refractivity contribution in [3.8, 4) is 17.2 Å². The lowest BCUT2D eigenvalue weighted by Crippen LogP contribution is -2.21. The molecule has 14 heteroatoms. The van der Waals surface area contributed by atoms with Crippen LogP contribution < -0.4 is 20.1 Å². The molecule has 10 nitrogen and oxygen atoms in total. The first-order valence-electron chi connectivity index (χ1n) is 10.7. The van der Waals surface area contributed by atoms with E-state index in [4.69, 9.17) is 31.0 Å². The van der Waals surface area contributed by atoms with Gasteiger partial charge in [0.2, 0.25) is 5.95 Å². The van der Waals surface area contributed by atoms with Crippen LogP contribution in [-0.2, 0) is 4.79 Å². The quantitative estimate of drug-likeness (QED) is 0.263. The number of carbonyl (C=O) groups is 1. The number of aromatic nitrogens is 4. The van der Waals surface area contributed by atoms with Crippen LogP contribution in [0.4, 0.5) is 36.4 Å². The van der Waals surface area contributed by atoms with Crippen LogP contribution in [0.3, 0.4) is 0 Å². The number of rotatable bonds is 7. The Morgan fingerprint density at radius 2 is 1.66 bits per heavy atom. The van der Waals surface area contributed by atoms with Crippen molar-refractivity contribution < 1.29 is 32.5 Å². The van der Waals surface area contributed by atoms with Gasteiger partial charge < -0.3 is 25.2 Å². The maximum Gasteiger partial charge on any atom is 0.490 e. The lowest BCUT2D eigenvalue weighted by Gasteiger charge is -2.12. The summed E-state index contributed by atoms with van der Waals surface area (Å²) in [7, 11) is 3.19. The van der Waals surface area contributed by atoms with E-state index in [-0.39, 0.29) is 0 Å². The van der Waals surface area contributed by atoms with Gasteiger partial charge in [-0.3, -0.25) is 0 Å². The summed E-state index contributed by atoms with van der Waals surface area (Å²) in [5.41, 5.74) is 2.53. The van der Waals surface area contributed by atoms with E-state index in [2.05, 4.69) is 25.7 Å². The van der Waals surface area contributed by atoms with Gasteiger partial charge in [-0.15, -0.1) is 0 Å². The summed E-state index contributed by atoms with van der Waals surface area (Å²) in [6.45, 7) is 1.93. The summed E-state index contributed by atoms with van der Waals surface area (Å²) in [4.78, 5) is 17.7. The third-order valence-electron chi connectivity index (χ3n) is 4.70. The Morgan fingerprint density at radius 3 is 2.26 bits per heavy atom. The molecule has 200 valence electrons. The number of methoxy groups -OCH3 is 2. The highest BCUT2D eigenvalue weighted by molar-refractivity contribution is 6.30. The molecule has 0 saturated heterocycles. The first-order chi connectivity index (χ1) is 18.0. The van der Waals surface area contributed by atoms with Crippen LogP contribution in [0.25, 0.3) is 5.69 Å². The largest absolute Gasteiger partial charge is 0.493 e. The molecule has 0 saturated carbocycles. The summed E-state index contributed by atoms with van der Waals surface area (Å²) in [5, 5.41) is 18.8. The van der Waals surface area contributed by atoms with Crippen molar-refractivity contribution in [2.24, 2.45) is 0 Å². The molecule has 0 atom stereocenters. The topological polar surface area (TPSA) is 123 Å². The molecule has 0 spiro atoms. The third-order valence-corrected chi connectivity index (χ3v) is 4.95. The molecule has 2 aromatic carbocycles. The molecule has 0 unspecified atom stereocenters. The van der Waals surface area contributed by atoms with Crippen molar-refractivity contribution in [3.63, 3.8) is 0 Å². The molecule has 2 aromatic heterocycles. The van der Waals surface area contributed by atoms with Crippen molar-refractivity contribution in [2.75, 3.05) is 24.9 Å². The van der Waals surface area contributed by atoms with E-state index in [1.165, 1.54) is 0 Å². The van der Waals surface area contributed by atoms with Crippen LogP contribution in [0, 0.1) is 6.92 Å². The summed E-state index contributed by atoms with van der Waals surface area (Å²) < 4.78 is 44.2.